The van der Waals surface area contributed by atoms with Crippen molar-refractivity contribution in [1.82, 2.24) is 20.7 Å². The van der Waals surface area contributed by atoms with Crippen LogP contribution in [0.3, 0.4) is 0 Å². The normalized spacial score (nSPS) is 14.1. The number of hydrogen-bond acceptors (Lipinski definition) is 10. The minimum atomic E-state index is -4.07. The van der Waals surface area contributed by atoms with Crippen molar-refractivity contribution >= 4 is 27.9 Å². The molecule has 13 heteroatoms. The monoisotopic (exact) mass is 547 g/mol. The Hall–Kier alpha value is -3.84. The van der Waals surface area contributed by atoms with Crippen molar-refractivity contribution in [3.63, 3.8) is 0 Å². The number of nitrogens with zero attached hydrogens (tertiary/aromatic N) is 1. The number of sulfonamides is 1. The number of amides is 1. The largest absolute Gasteiger partial charge is 0.507 e. The Morgan fingerprint density at radius 1 is 1.16 bits per heavy atom. The molecule has 0 saturated heterocycles. The first-order chi connectivity index (χ1) is 18.2. The van der Waals surface area contributed by atoms with Crippen molar-refractivity contribution in [2.24, 2.45) is 4.99 Å². The van der Waals surface area contributed by atoms with Crippen LogP contribution in [-0.2, 0) is 19.6 Å². The van der Waals surface area contributed by atoms with Gasteiger partial charge in [0.2, 0.25) is 10.0 Å². The van der Waals surface area contributed by atoms with E-state index in [4.69, 9.17) is 9.47 Å². The standard InChI is InChI=1S/C25H33N5O7S/c1-17(2)37-24(33)21(30-38(34,35)19-7-4-3-5-8-19)16-29-23(32)20-10-9-18(15-22(20)31)36-14-13-28-25-26-11-6-12-27-25/h3-5,7-10,15,17,21,30-31H,6,11-14,16H2,1-2H3,(H,29,32)(H2,26,27,28)/t21-/m0/s1. The Morgan fingerprint density at radius 3 is 2.58 bits per heavy atom. The molecule has 1 aliphatic heterocycles. The number of rotatable bonds is 12. The molecule has 0 spiro atoms. The third kappa shape index (κ3) is 8.63. The lowest BCUT2D eigenvalue weighted by atomic mass is 10.1. The predicted molar refractivity (Wildman–Crippen MR) is 141 cm³/mol. The molecule has 0 aromatic heterocycles. The highest BCUT2D eigenvalue weighted by atomic mass is 32.2. The molecule has 12 nitrogen and oxygen atoms in total. The summed E-state index contributed by atoms with van der Waals surface area (Å²) < 4.78 is 38.5. The number of carbonyl (C=O) groups is 2. The van der Waals surface area contributed by atoms with Crippen molar-refractivity contribution < 1.29 is 32.6 Å². The second-order valence-electron chi connectivity index (χ2n) is 8.65. The van der Waals surface area contributed by atoms with Crippen LogP contribution >= 0.6 is 0 Å². The molecule has 1 atom stereocenters. The fraction of sp³-hybridized carbons (Fsp3) is 0.400. The van der Waals surface area contributed by atoms with E-state index in [1.807, 2.05) is 0 Å². The van der Waals surface area contributed by atoms with Crippen LogP contribution in [0.25, 0.3) is 0 Å². The number of carbonyl (C=O) groups excluding carboxylic acids is 2. The quantitative estimate of drug-likeness (QED) is 0.190. The van der Waals surface area contributed by atoms with Crippen molar-refractivity contribution in [2.75, 3.05) is 32.8 Å². The SMILES string of the molecule is CC(C)OC(=O)[C@H](CNC(=O)c1ccc(OCCNC2=NCCCN2)cc1O)NS(=O)(=O)c1ccccc1. The summed E-state index contributed by atoms with van der Waals surface area (Å²) in [4.78, 5) is 29.5. The van der Waals surface area contributed by atoms with Crippen LogP contribution in [-0.4, -0.2) is 76.3 Å². The van der Waals surface area contributed by atoms with Crippen molar-refractivity contribution in [2.45, 2.75) is 37.3 Å². The van der Waals surface area contributed by atoms with Crippen LogP contribution in [0.2, 0.25) is 0 Å². The van der Waals surface area contributed by atoms with Crippen LogP contribution in [0.15, 0.2) is 58.4 Å². The maximum absolute atomic E-state index is 12.7. The molecule has 38 heavy (non-hydrogen) atoms. The van der Waals surface area contributed by atoms with Gasteiger partial charge in [0.25, 0.3) is 5.91 Å². The number of aliphatic imine (C=N–C) groups is 1. The summed E-state index contributed by atoms with van der Waals surface area (Å²) in [5.41, 5.74) is -0.0712. The molecule has 0 saturated carbocycles. The molecule has 5 N–H and O–H groups in total. The molecule has 0 unspecified atom stereocenters. The molecule has 2 aromatic carbocycles. The van der Waals surface area contributed by atoms with Gasteiger partial charge in [0.15, 0.2) is 5.96 Å². The molecule has 0 bridgehead atoms. The first-order valence-corrected chi connectivity index (χ1v) is 13.7. The van der Waals surface area contributed by atoms with Gasteiger partial charge in [-0.15, -0.1) is 0 Å². The van der Waals surface area contributed by atoms with Gasteiger partial charge in [-0.3, -0.25) is 14.6 Å². The Bertz CT molecular complexity index is 1240. The smallest absolute Gasteiger partial charge is 0.326 e. The fourth-order valence-corrected chi connectivity index (χ4v) is 4.62. The van der Waals surface area contributed by atoms with E-state index in [2.05, 4.69) is 25.7 Å². The van der Waals surface area contributed by atoms with Gasteiger partial charge in [-0.25, -0.2) is 8.42 Å². The lowest BCUT2D eigenvalue weighted by molar-refractivity contribution is -0.149. The van der Waals surface area contributed by atoms with E-state index in [1.165, 1.54) is 30.3 Å². The maximum Gasteiger partial charge on any atom is 0.326 e. The average Bonchev–Trinajstić information content (AvgIpc) is 2.89. The Kier molecular flexibility index (Phi) is 10.3. The first kappa shape index (κ1) is 28.7. The zero-order valence-corrected chi connectivity index (χ0v) is 22.1. The van der Waals surface area contributed by atoms with E-state index in [0.29, 0.717) is 18.9 Å². The Morgan fingerprint density at radius 2 is 1.92 bits per heavy atom. The van der Waals surface area contributed by atoms with Crippen LogP contribution in [0, 0.1) is 0 Å². The predicted octanol–water partition coefficient (Wildman–Crippen LogP) is 0.738. The molecule has 3 rings (SSSR count). The number of esters is 1. The van der Waals surface area contributed by atoms with Crippen molar-refractivity contribution in [1.29, 1.82) is 0 Å². The van der Waals surface area contributed by atoms with E-state index < -0.39 is 40.6 Å². The van der Waals surface area contributed by atoms with Crippen LogP contribution in [0.5, 0.6) is 11.5 Å². The highest BCUT2D eigenvalue weighted by Crippen LogP contribution is 2.23. The van der Waals surface area contributed by atoms with Crippen LogP contribution in [0.4, 0.5) is 0 Å². The summed E-state index contributed by atoms with van der Waals surface area (Å²) in [6.45, 7) is 5.26. The van der Waals surface area contributed by atoms with Crippen molar-refractivity contribution in [3.8, 4) is 11.5 Å². The van der Waals surface area contributed by atoms with E-state index in [-0.39, 0.29) is 16.2 Å². The second kappa shape index (κ2) is 13.6. The first-order valence-electron chi connectivity index (χ1n) is 12.2. The summed E-state index contributed by atoms with van der Waals surface area (Å²) in [5.74, 6) is -0.823. The maximum atomic E-state index is 12.7. The van der Waals surface area contributed by atoms with Crippen LogP contribution in [0.1, 0.15) is 30.6 Å². The second-order valence-corrected chi connectivity index (χ2v) is 10.4. The average molecular weight is 548 g/mol. The summed E-state index contributed by atoms with van der Waals surface area (Å²) in [7, 11) is -4.07. The summed E-state index contributed by atoms with van der Waals surface area (Å²) in [6, 6.07) is 10.3. The van der Waals surface area contributed by atoms with Gasteiger partial charge >= 0.3 is 5.97 Å². The number of aromatic hydroxyl groups is 1. The highest BCUT2D eigenvalue weighted by Gasteiger charge is 2.28. The van der Waals surface area contributed by atoms with Gasteiger partial charge < -0.3 is 30.5 Å². The lowest BCUT2D eigenvalue weighted by Gasteiger charge is -2.20. The number of phenols is 1. The molecule has 0 fully saturated rings. The number of hydrogen-bond donors (Lipinski definition) is 5. The van der Waals surface area contributed by atoms with E-state index >= 15 is 0 Å². The summed E-state index contributed by atoms with van der Waals surface area (Å²) >= 11 is 0. The molecule has 0 aliphatic carbocycles. The third-order valence-corrected chi connectivity index (χ3v) is 6.72. The van der Waals surface area contributed by atoms with Crippen molar-refractivity contribution in [3.05, 3.63) is 54.1 Å². The van der Waals surface area contributed by atoms with E-state index in [9.17, 15) is 23.1 Å². The lowest BCUT2D eigenvalue weighted by Crippen LogP contribution is -2.49. The zero-order valence-electron chi connectivity index (χ0n) is 21.3. The van der Waals surface area contributed by atoms with Gasteiger partial charge in [0.1, 0.15) is 24.1 Å². The summed E-state index contributed by atoms with van der Waals surface area (Å²) in [6.07, 6.45) is 0.494. The molecule has 0 radical (unpaired) electrons. The minimum absolute atomic E-state index is 0.0416. The summed E-state index contributed by atoms with van der Waals surface area (Å²) in [5, 5.41) is 19.1. The minimum Gasteiger partial charge on any atom is -0.507 e. The number of guanidine groups is 1. The topological polar surface area (TPSA) is 167 Å². The fourth-order valence-electron chi connectivity index (χ4n) is 3.42. The van der Waals surface area contributed by atoms with Gasteiger partial charge in [0, 0.05) is 25.7 Å². The molecule has 1 amide bonds. The molecule has 1 heterocycles. The van der Waals surface area contributed by atoms with Gasteiger partial charge in [-0.05, 0) is 44.5 Å². The molecular formula is C25H33N5O7S. The van der Waals surface area contributed by atoms with E-state index in [1.54, 1.807) is 32.0 Å². The molecule has 1 aliphatic rings. The Labute approximate surface area is 221 Å². The number of ether oxygens (including phenoxy) is 2. The third-order valence-electron chi connectivity index (χ3n) is 5.23. The van der Waals surface area contributed by atoms with Gasteiger partial charge in [-0.1, -0.05) is 18.2 Å². The Balaban J connectivity index is 1.58. The molecular weight excluding hydrogens is 514 g/mol. The number of nitrogens with one attached hydrogen (secondary N) is 4. The number of phenolic OH excluding ortho intramolecular Hbond substituents is 1. The highest BCUT2D eigenvalue weighted by molar-refractivity contribution is 7.89. The van der Waals surface area contributed by atoms with Gasteiger partial charge in [0.05, 0.1) is 23.1 Å². The van der Waals surface area contributed by atoms with E-state index in [0.717, 1.165) is 25.5 Å². The molecule has 2 aromatic rings. The molecule has 206 valence electrons. The number of benzene rings is 2. The zero-order chi connectivity index (χ0) is 27.5. The van der Waals surface area contributed by atoms with Gasteiger partial charge in [-0.2, -0.15) is 4.72 Å². The van der Waals surface area contributed by atoms with Crippen LogP contribution < -0.4 is 25.4 Å².